The topological polar surface area (TPSA) is 69.3 Å². The van der Waals surface area contributed by atoms with Gasteiger partial charge in [-0.05, 0) is 44.2 Å². The first-order valence-electron chi connectivity index (χ1n) is 10.1. The minimum Gasteiger partial charge on any atom is -0.494 e. The Bertz CT molecular complexity index is 1440. The maximum Gasteiger partial charge on any atom is 0.161 e. The number of benzene rings is 2. The van der Waals surface area contributed by atoms with Crippen molar-refractivity contribution in [1.29, 1.82) is 0 Å². The lowest BCUT2D eigenvalue weighted by atomic mass is 10.1. The highest BCUT2D eigenvalue weighted by molar-refractivity contribution is 6.33. The lowest BCUT2D eigenvalue weighted by molar-refractivity contribution is 0.412. The van der Waals surface area contributed by atoms with Crippen molar-refractivity contribution >= 4 is 28.6 Å². The number of rotatable bonds is 5. The fraction of sp³-hybridized carbons (Fsp3) is 0.125. The molecule has 0 aliphatic carbocycles. The molecular weight excluding hydrogens is 424 g/mol. The number of aryl methyl sites for hydroxylation is 2. The van der Waals surface area contributed by atoms with E-state index in [0.717, 1.165) is 39.7 Å². The van der Waals surface area contributed by atoms with Crippen LogP contribution in [-0.4, -0.2) is 31.3 Å². The fourth-order valence-electron chi connectivity index (χ4n) is 3.75. The highest BCUT2D eigenvalue weighted by Gasteiger charge is 2.16. The van der Waals surface area contributed by atoms with Crippen molar-refractivity contribution in [3.8, 4) is 22.7 Å². The Morgan fingerprint density at radius 3 is 2.62 bits per heavy atom. The SMILES string of the molecule is COc1cc(Nc2cccn3c(C)c(-c4ccccc4Cl)nc23)ccc1-n1cnc(C)n1. The third kappa shape index (κ3) is 3.46. The number of aromatic nitrogens is 5. The summed E-state index contributed by atoms with van der Waals surface area (Å²) in [4.78, 5) is 9.11. The van der Waals surface area contributed by atoms with E-state index in [9.17, 15) is 0 Å². The standard InChI is InChI=1S/C24H21ClN6O/c1-15-23(18-7-4-5-8-19(18)25)28-24-20(9-6-12-30(15)24)27-17-10-11-21(22(13-17)32-3)31-14-26-16(2)29-31/h4-14,27H,1-3H3. The molecule has 160 valence electrons. The van der Waals surface area contributed by atoms with E-state index in [1.54, 1.807) is 18.1 Å². The Morgan fingerprint density at radius 2 is 1.88 bits per heavy atom. The van der Waals surface area contributed by atoms with Crippen molar-refractivity contribution < 1.29 is 4.74 Å². The van der Waals surface area contributed by atoms with Gasteiger partial charge in [-0.25, -0.2) is 14.6 Å². The first kappa shape index (κ1) is 20.1. The molecule has 2 aromatic carbocycles. The van der Waals surface area contributed by atoms with Crippen LogP contribution in [0.1, 0.15) is 11.5 Å². The molecule has 0 spiro atoms. The summed E-state index contributed by atoms with van der Waals surface area (Å²) in [7, 11) is 1.64. The predicted molar refractivity (Wildman–Crippen MR) is 126 cm³/mol. The Balaban J connectivity index is 1.55. The van der Waals surface area contributed by atoms with Crippen LogP contribution in [0.5, 0.6) is 5.75 Å². The molecule has 5 aromatic rings. The molecule has 0 saturated heterocycles. The van der Waals surface area contributed by atoms with Crippen LogP contribution in [0.4, 0.5) is 11.4 Å². The first-order chi connectivity index (χ1) is 15.5. The summed E-state index contributed by atoms with van der Waals surface area (Å²) in [6.45, 7) is 3.89. The molecule has 7 nitrogen and oxygen atoms in total. The lowest BCUT2D eigenvalue weighted by Gasteiger charge is -2.12. The van der Waals surface area contributed by atoms with Gasteiger partial charge in [0.2, 0.25) is 0 Å². The maximum atomic E-state index is 6.44. The van der Waals surface area contributed by atoms with Gasteiger partial charge in [-0.15, -0.1) is 0 Å². The number of pyridine rings is 1. The largest absolute Gasteiger partial charge is 0.494 e. The van der Waals surface area contributed by atoms with Crippen molar-refractivity contribution in [2.24, 2.45) is 0 Å². The zero-order valence-corrected chi connectivity index (χ0v) is 18.6. The van der Waals surface area contributed by atoms with Gasteiger partial charge in [0.1, 0.15) is 23.6 Å². The van der Waals surface area contributed by atoms with E-state index >= 15 is 0 Å². The smallest absolute Gasteiger partial charge is 0.161 e. The molecule has 0 bridgehead atoms. The van der Waals surface area contributed by atoms with E-state index in [1.165, 1.54) is 0 Å². The molecule has 1 N–H and O–H groups in total. The summed E-state index contributed by atoms with van der Waals surface area (Å²) in [6, 6.07) is 17.6. The fourth-order valence-corrected chi connectivity index (χ4v) is 3.98. The number of anilines is 2. The Kier molecular flexibility index (Phi) is 5.03. The van der Waals surface area contributed by atoms with Gasteiger partial charge >= 0.3 is 0 Å². The predicted octanol–water partition coefficient (Wildman–Crippen LogP) is 5.60. The summed E-state index contributed by atoms with van der Waals surface area (Å²) in [6.07, 6.45) is 3.67. The van der Waals surface area contributed by atoms with Crippen molar-refractivity contribution in [2.75, 3.05) is 12.4 Å². The second-order valence-corrected chi connectivity index (χ2v) is 7.80. The van der Waals surface area contributed by atoms with Crippen LogP contribution < -0.4 is 10.1 Å². The van der Waals surface area contributed by atoms with E-state index in [4.69, 9.17) is 21.3 Å². The van der Waals surface area contributed by atoms with Crippen molar-refractivity contribution in [3.63, 3.8) is 0 Å². The van der Waals surface area contributed by atoms with Crippen LogP contribution in [0.15, 0.2) is 67.1 Å². The normalized spacial score (nSPS) is 11.1. The van der Waals surface area contributed by atoms with Crippen molar-refractivity contribution in [2.45, 2.75) is 13.8 Å². The lowest BCUT2D eigenvalue weighted by Crippen LogP contribution is -2.01. The first-order valence-corrected chi connectivity index (χ1v) is 10.5. The number of halogens is 1. The minimum absolute atomic E-state index is 0.678. The van der Waals surface area contributed by atoms with Gasteiger partial charge in [0.15, 0.2) is 5.65 Å². The number of methoxy groups -OCH3 is 1. The molecule has 0 aliphatic rings. The maximum absolute atomic E-state index is 6.44. The molecule has 3 heterocycles. The average Bonchev–Trinajstić information content (AvgIpc) is 3.38. The zero-order valence-electron chi connectivity index (χ0n) is 17.9. The van der Waals surface area contributed by atoms with E-state index < -0.39 is 0 Å². The van der Waals surface area contributed by atoms with Gasteiger partial charge in [-0.1, -0.05) is 29.8 Å². The monoisotopic (exact) mass is 444 g/mol. The van der Waals surface area contributed by atoms with Gasteiger partial charge in [0.05, 0.1) is 23.5 Å². The second kappa shape index (κ2) is 8.01. The molecule has 0 saturated carbocycles. The molecule has 0 unspecified atom stereocenters. The van der Waals surface area contributed by atoms with Gasteiger partial charge in [0, 0.05) is 29.2 Å². The van der Waals surface area contributed by atoms with E-state index in [-0.39, 0.29) is 0 Å². The summed E-state index contributed by atoms with van der Waals surface area (Å²) >= 11 is 6.44. The molecule has 5 rings (SSSR count). The van der Waals surface area contributed by atoms with Crippen molar-refractivity contribution in [1.82, 2.24) is 24.1 Å². The quantitative estimate of drug-likeness (QED) is 0.382. The summed E-state index contributed by atoms with van der Waals surface area (Å²) < 4.78 is 9.37. The Hall–Kier alpha value is -3.84. The molecule has 0 amide bonds. The number of imidazole rings is 1. The second-order valence-electron chi connectivity index (χ2n) is 7.39. The molecule has 32 heavy (non-hydrogen) atoms. The van der Waals surface area contributed by atoms with Crippen LogP contribution in [0.25, 0.3) is 22.6 Å². The molecule has 0 radical (unpaired) electrons. The molecule has 3 aromatic heterocycles. The van der Waals surface area contributed by atoms with Crippen LogP contribution in [-0.2, 0) is 0 Å². The number of nitrogens with one attached hydrogen (secondary N) is 1. The van der Waals surface area contributed by atoms with E-state index in [2.05, 4.69) is 19.8 Å². The number of hydrogen-bond acceptors (Lipinski definition) is 5. The third-order valence-corrected chi connectivity index (χ3v) is 5.66. The number of ether oxygens (including phenoxy) is 1. The molecule has 0 aliphatic heterocycles. The zero-order chi connectivity index (χ0) is 22.2. The minimum atomic E-state index is 0.678. The van der Waals surface area contributed by atoms with Gasteiger partial charge in [-0.2, -0.15) is 5.10 Å². The summed E-state index contributed by atoms with van der Waals surface area (Å²) in [5, 5.41) is 8.52. The van der Waals surface area contributed by atoms with Crippen LogP contribution in [0.2, 0.25) is 5.02 Å². The number of fused-ring (bicyclic) bond motifs is 1. The Morgan fingerprint density at radius 1 is 1.03 bits per heavy atom. The average molecular weight is 445 g/mol. The van der Waals surface area contributed by atoms with Crippen molar-refractivity contribution in [3.05, 3.63) is 83.7 Å². The summed E-state index contributed by atoms with van der Waals surface area (Å²) in [5.41, 5.74) is 6.17. The molecule has 0 fully saturated rings. The third-order valence-electron chi connectivity index (χ3n) is 5.33. The van der Waals surface area contributed by atoms with Crippen LogP contribution in [0.3, 0.4) is 0 Å². The molecule has 8 heteroatoms. The highest BCUT2D eigenvalue weighted by atomic mass is 35.5. The van der Waals surface area contributed by atoms with Gasteiger partial charge in [0.25, 0.3) is 0 Å². The van der Waals surface area contributed by atoms with Crippen LogP contribution in [0, 0.1) is 13.8 Å². The number of hydrogen-bond donors (Lipinski definition) is 1. The Labute approximate surface area is 190 Å². The molecule has 0 atom stereocenters. The van der Waals surface area contributed by atoms with E-state index in [1.807, 2.05) is 74.6 Å². The number of nitrogens with zero attached hydrogens (tertiary/aromatic N) is 5. The molecular formula is C24H21ClN6O. The van der Waals surface area contributed by atoms with Gasteiger partial charge < -0.3 is 14.5 Å². The van der Waals surface area contributed by atoms with E-state index in [0.29, 0.717) is 16.6 Å². The van der Waals surface area contributed by atoms with Gasteiger partial charge in [-0.3, -0.25) is 0 Å². The van der Waals surface area contributed by atoms with Crippen LogP contribution >= 0.6 is 11.6 Å². The highest BCUT2D eigenvalue weighted by Crippen LogP contribution is 2.33. The summed E-state index contributed by atoms with van der Waals surface area (Å²) in [5.74, 6) is 1.38.